The minimum absolute atomic E-state index is 0.00136. The fraction of sp³-hybridized carbons (Fsp3) is 0.429. The first-order valence-corrected chi connectivity index (χ1v) is 8.34. The molecule has 0 aliphatic rings. The van der Waals surface area contributed by atoms with Crippen LogP contribution in [0.25, 0.3) is 0 Å². The number of hydrogen-bond acceptors (Lipinski definition) is 4. The second-order valence-electron chi connectivity index (χ2n) is 5.41. The third-order valence-corrected chi connectivity index (χ3v) is 4.05. The molecule has 0 aromatic heterocycles. The van der Waals surface area contributed by atoms with Gasteiger partial charge in [0.2, 0.25) is 0 Å². The maximum absolute atomic E-state index is 12.0. The van der Waals surface area contributed by atoms with E-state index in [1.54, 1.807) is 26.0 Å². The Labute approximate surface area is 130 Å². The van der Waals surface area contributed by atoms with Gasteiger partial charge in [0.1, 0.15) is 0 Å². The quantitative estimate of drug-likeness (QED) is 0.545. The summed E-state index contributed by atoms with van der Waals surface area (Å²) in [7, 11) is -3.92. The van der Waals surface area contributed by atoms with Crippen LogP contribution < -0.4 is 15.6 Å². The summed E-state index contributed by atoms with van der Waals surface area (Å²) in [4.78, 5) is 24.7. The highest BCUT2D eigenvalue weighted by molar-refractivity contribution is 7.89. The molecular weight excluding hydrogens is 306 g/mol. The first kappa shape index (κ1) is 18.1. The molecule has 0 unspecified atom stereocenters. The number of hydrazine groups is 1. The van der Waals surface area contributed by atoms with Gasteiger partial charge in [-0.2, -0.15) is 0 Å². The van der Waals surface area contributed by atoms with E-state index in [0.29, 0.717) is 0 Å². The van der Waals surface area contributed by atoms with Crippen molar-refractivity contribution in [3.05, 3.63) is 29.8 Å². The van der Waals surface area contributed by atoms with Crippen LogP contribution in [0, 0.1) is 0 Å². The van der Waals surface area contributed by atoms with Crippen LogP contribution in [-0.2, 0) is 19.6 Å². The maximum Gasteiger partial charge on any atom is 0.324 e. The summed E-state index contributed by atoms with van der Waals surface area (Å²) in [6.45, 7) is 7.36. The molecule has 1 aromatic carbocycles. The van der Waals surface area contributed by atoms with Crippen LogP contribution in [0.4, 0.5) is 0 Å². The highest BCUT2D eigenvalue weighted by Gasteiger charge is 2.19. The molecule has 122 valence electrons. The fourth-order valence-electron chi connectivity index (χ4n) is 1.59. The Morgan fingerprint density at radius 2 is 1.50 bits per heavy atom. The SMILES string of the molecule is CC(C)NC(=O)C(=O)NNS(=O)(=O)c1ccc(C(C)C)cc1. The van der Waals surface area contributed by atoms with Crippen molar-refractivity contribution in [1.29, 1.82) is 0 Å². The van der Waals surface area contributed by atoms with Gasteiger partial charge in [0.25, 0.3) is 10.0 Å². The molecule has 0 aliphatic heterocycles. The zero-order valence-electron chi connectivity index (χ0n) is 13.0. The summed E-state index contributed by atoms with van der Waals surface area (Å²) < 4.78 is 24.0. The van der Waals surface area contributed by atoms with E-state index in [-0.39, 0.29) is 16.9 Å². The summed E-state index contributed by atoms with van der Waals surface area (Å²) in [5.41, 5.74) is 2.87. The van der Waals surface area contributed by atoms with Crippen molar-refractivity contribution >= 4 is 21.8 Å². The molecular formula is C14H21N3O4S. The first-order chi connectivity index (χ1) is 10.1. The fourth-order valence-corrected chi connectivity index (χ4v) is 2.43. The van der Waals surface area contributed by atoms with Gasteiger partial charge in [0.05, 0.1) is 4.90 Å². The molecule has 0 saturated carbocycles. The minimum atomic E-state index is -3.92. The van der Waals surface area contributed by atoms with Crippen LogP contribution in [0.3, 0.4) is 0 Å². The van der Waals surface area contributed by atoms with Crippen LogP contribution >= 0.6 is 0 Å². The lowest BCUT2D eigenvalue weighted by Gasteiger charge is -2.11. The molecule has 0 fully saturated rings. The summed E-state index contributed by atoms with van der Waals surface area (Å²) in [6.07, 6.45) is 0. The molecule has 0 bridgehead atoms. The molecule has 3 N–H and O–H groups in total. The van der Waals surface area contributed by atoms with Gasteiger partial charge in [0, 0.05) is 6.04 Å². The monoisotopic (exact) mass is 327 g/mol. The molecule has 1 rings (SSSR count). The Hall–Kier alpha value is -1.93. The standard InChI is InChI=1S/C14H21N3O4S/c1-9(2)11-5-7-12(8-6-11)22(20,21)17-16-14(19)13(18)15-10(3)4/h5-10,17H,1-4H3,(H,15,18)(H,16,19). The van der Waals surface area contributed by atoms with Gasteiger partial charge in [0.15, 0.2) is 0 Å². The predicted octanol–water partition coefficient (Wildman–Crippen LogP) is 0.644. The van der Waals surface area contributed by atoms with E-state index < -0.39 is 21.8 Å². The van der Waals surface area contributed by atoms with Crippen molar-refractivity contribution in [2.75, 3.05) is 0 Å². The third kappa shape index (κ3) is 5.12. The van der Waals surface area contributed by atoms with Crippen LogP contribution in [0.15, 0.2) is 29.2 Å². The van der Waals surface area contributed by atoms with Crippen LogP contribution in [0.2, 0.25) is 0 Å². The van der Waals surface area contributed by atoms with Gasteiger partial charge in [-0.05, 0) is 37.5 Å². The third-order valence-electron chi connectivity index (χ3n) is 2.78. The van der Waals surface area contributed by atoms with Crippen molar-refractivity contribution in [3.63, 3.8) is 0 Å². The molecule has 7 nitrogen and oxygen atoms in total. The van der Waals surface area contributed by atoms with Crippen LogP contribution in [-0.4, -0.2) is 26.3 Å². The molecule has 1 aromatic rings. The number of carbonyl (C=O) groups excluding carboxylic acids is 2. The zero-order valence-corrected chi connectivity index (χ0v) is 13.8. The topological polar surface area (TPSA) is 104 Å². The average Bonchev–Trinajstić information content (AvgIpc) is 2.44. The highest BCUT2D eigenvalue weighted by Crippen LogP contribution is 2.16. The molecule has 0 aliphatic carbocycles. The Kier molecular flexibility index (Phi) is 6.07. The molecule has 2 amide bonds. The lowest BCUT2D eigenvalue weighted by Crippen LogP contribution is -2.49. The number of nitrogens with one attached hydrogen (secondary N) is 3. The van der Waals surface area contributed by atoms with Gasteiger partial charge < -0.3 is 5.32 Å². The Bertz CT molecular complexity index is 637. The Morgan fingerprint density at radius 3 is 1.95 bits per heavy atom. The molecule has 0 atom stereocenters. The van der Waals surface area contributed by atoms with E-state index in [2.05, 4.69) is 5.32 Å². The second-order valence-corrected chi connectivity index (χ2v) is 7.09. The second kappa shape index (κ2) is 7.37. The maximum atomic E-state index is 12.0. The van der Waals surface area contributed by atoms with Crippen molar-refractivity contribution in [3.8, 4) is 0 Å². The normalized spacial score (nSPS) is 11.5. The number of amides is 2. The number of carbonyl (C=O) groups is 2. The average molecular weight is 327 g/mol. The van der Waals surface area contributed by atoms with Crippen LogP contribution in [0.1, 0.15) is 39.2 Å². The first-order valence-electron chi connectivity index (χ1n) is 6.86. The van der Waals surface area contributed by atoms with Gasteiger partial charge in [-0.15, -0.1) is 4.83 Å². The molecule has 0 heterocycles. The summed E-state index contributed by atoms with van der Waals surface area (Å²) in [5.74, 6) is -1.70. The minimum Gasteiger partial charge on any atom is -0.346 e. The van der Waals surface area contributed by atoms with Crippen molar-refractivity contribution < 1.29 is 18.0 Å². The van der Waals surface area contributed by atoms with E-state index in [1.807, 2.05) is 24.1 Å². The zero-order chi connectivity index (χ0) is 16.9. The van der Waals surface area contributed by atoms with Crippen LogP contribution in [0.5, 0.6) is 0 Å². The van der Waals surface area contributed by atoms with E-state index in [4.69, 9.17) is 0 Å². The van der Waals surface area contributed by atoms with Gasteiger partial charge in [-0.25, -0.2) is 8.42 Å². The van der Waals surface area contributed by atoms with Crippen molar-refractivity contribution in [1.82, 2.24) is 15.6 Å². The predicted molar refractivity (Wildman–Crippen MR) is 82.3 cm³/mol. The summed E-state index contributed by atoms with van der Waals surface area (Å²) >= 11 is 0. The van der Waals surface area contributed by atoms with Crippen molar-refractivity contribution in [2.24, 2.45) is 0 Å². The van der Waals surface area contributed by atoms with Gasteiger partial charge in [-0.1, -0.05) is 26.0 Å². The lowest BCUT2D eigenvalue weighted by atomic mass is 10.0. The number of benzene rings is 1. The van der Waals surface area contributed by atoms with E-state index in [0.717, 1.165) is 5.56 Å². The molecule has 8 heteroatoms. The van der Waals surface area contributed by atoms with E-state index in [1.165, 1.54) is 12.1 Å². The number of hydrogen-bond donors (Lipinski definition) is 3. The largest absolute Gasteiger partial charge is 0.346 e. The molecule has 0 radical (unpaired) electrons. The lowest BCUT2D eigenvalue weighted by molar-refractivity contribution is -0.139. The highest BCUT2D eigenvalue weighted by atomic mass is 32.2. The molecule has 0 saturated heterocycles. The smallest absolute Gasteiger partial charge is 0.324 e. The summed E-state index contributed by atoms with van der Waals surface area (Å²) in [6, 6.07) is 6.06. The Morgan fingerprint density at radius 1 is 0.955 bits per heavy atom. The van der Waals surface area contributed by atoms with Crippen molar-refractivity contribution in [2.45, 2.75) is 44.6 Å². The molecule has 22 heavy (non-hydrogen) atoms. The number of rotatable bonds is 5. The van der Waals surface area contributed by atoms with E-state index >= 15 is 0 Å². The summed E-state index contributed by atoms with van der Waals surface area (Å²) in [5, 5.41) is 2.35. The van der Waals surface area contributed by atoms with Gasteiger partial charge >= 0.3 is 11.8 Å². The van der Waals surface area contributed by atoms with Gasteiger partial charge in [-0.3, -0.25) is 15.0 Å². The number of sulfonamides is 1. The van der Waals surface area contributed by atoms with E-state index in [9.17, 15) is 18.0 Å². The Balaban J connectivity index is 2.71. The molecule has 0 spiro atoms.